The van der Waals surface area contributed by atoms with Crippen molar-refractivity contribution in [3.63, 3.8) is 0 Å². The van der Waals surface area contributed by atoms with Crippen LogP contribution in [0.2, 0.25) is 0 Å². The minimum absolute atomic E-state index is 0.0566. The lowest BCUT2D eigenvalue weighted by Gasteiger charge is -2.05. The number of anilines is 1. The molecule has 1 aromatic heterocycles. The van der Waals surface area contributed by atoms with Gasteiger partial charge in [0.15, 0.2) is 6.54 Å². The molecule has 28 heavy (non-hydrogen) atoms. The van der Waals surface area contributed by atoms with Crippen LogP contribution in [0, 0.1) is 0 Å². The fourth-order valence-corrected chi connectivity index (χ4v) is 3.30. The molecule has 0 radical (unpaired) electrons. The lowest BCUT2D eigenvalue weighted by molar-refractivity contribution is -0.683. The van der Waals surface area contributed by atoms with E-state index in [-0.39, 0.29) is 24.0 Å². The molecule has 1 aliphatic rings. The summed E-state index contributed by atoms with van der Waals surface area (Å²) in [5.41, 5.74) is 1.53. The van der Waals surface area contributed by atoms with Crippen LogP contribution in [0.15, 0.2) is 67.3 Å². The molecular formula is C21H18N3O4+. The standard InChI is InChI=1S/C21H17N3O4/c1-28-15-8-6-14(7-9-15)22-18(25)12-23-10-11-24(13-23)19-20(26)16-4-2-3-5-17(16)21(19)27/h2-11,13,19H,12H2,1H3/p+1. The topological polar surface area (TPSA) is 81.3 Å². The number of ether oxygens (including phenoxy) is 1. The van der Waals surface area contributed by atoms with Crippen molar-refractivity contribution in [2.24, 2.45) is 0 Å². The van der Waals surface area contributed by atoms with E-state index in [0.717, 1.165) is 0 Å². The quantitative estimate of drug-likeness (QED) is 0.546. The maximum absolute atomic E-state index is 12.6. The van der Waals surface area contributed by atoms with Crippen LogP contribution in [0.1, 0.15) is 26.8 Å². The molecule has 7 nitrogen and oxygen atoms in total. The zero-order valence-electron chi connectivity index (χ0n) is 15.2. The highest BCUT2D eigenvalue weighted by Crippen LogP contribution is 2.29. The minimum Gasteiger partial charge on any atom is -0.497 e. The molecule has 0 saturated heterocycles. The van der Waals surface area contributed by atoms with Gasteiger partial charge >= 0.3 is 0 Å². The van der Waals surface area contributed by atoms with Gasteiger partial charge in [-0.05, 0) is 24.3 Å². The molecular weight excluding hydrogens is 358 g/mol. The van der Waals surface area contributed by atoms with Crippen molar-refractivity contribution in [2.45, 2.75) is 12.6 Å². The minimum atomic E-state index is -0.914. The van der Waals surface area contributed by atoms with Gasteiger partial charge in [-0.1, -0.05) is 24.3 Å². The van der Waals surface area contributed by atoms with Crippen LogP contribution in [0.25, 0.3) is 0 Å². The van der Waals surface area contributed by atoms with E-state index in [2.05, 4.69) is 5.32 Å². The predicted molar refractivity (Wildman–Crippen MR) is 100 cm³/mol. The van der Waals surface area contributed by atoms with E-state index in [0.29, 0.717) is 22.6 Å². The number of nitrogens with zero attached hydrogens (tertiary/aromatic N) is 2. The van der Waals surface area contributed by atoms with Gasteiger partial charge in [-0.2, -0.15) is 0 Å². The normalized spacial score (nSPS) is 13.5. The Morgan fingerprint density at radius 3 is 2.32 bits per heavy atom. The molecule has 4 rings (SSSR count). The zero-order valence-corrected chi connectivity index (χ0v) is 15.2. The van der Waals surface area contributed by atoms with Crippen molar-refractivity contribution >= 4 is 23.2 Å². The van der Waals surface area contributed by atoms with Gasteiger partial charge < -0.3 is 10.1 Å². The second-order valence-electron chi connectivity index (χ2n) is 6.49. The summed E-state index contributed by atoms with van der Waals surface area (Å²) < 4.78 is 8.26. The number of nitrogens with one attached hydrogen (secondary N) is 1. The smallest absolute Gasteiger partial charge is 0.266 e. The first kappa shape index (κ1) is 17.7. The van der Waals surface area contributed by atoms with Gasteiger partial charge in [0.05, 0.1) is 7.11 Å². The number of aromatic nitrogens is 2. The molecule has 0 bridgehead atoms. The number of carbonyl (C=O) groups is 3. The number of fused-ring (bicyclic) bond motifs is 1. The average molecular weight is 376 g/mol. The third-order valence-corrected chi connectivity index (χ3v) is 4.66. The molecule has 0 fully saturated rings. The number of ketones is 2. The monoisotopic (exact) mass is 376 g/mol. The number of amides is 1. The van der Waals surface area contributed by atoms with Gasteiger partial charge in [0.25, 0.3) is 5.91 Å². The summed E-state index contributed by atoms with van der Waals surface area (Å²) in [4.78, 5) is 37.5. The second-order valence-corrected chi connectivity index (χ2v) is 6.49. The number of carbonyl (C=O) groups excluding carboxylic acids is 3. The van der Waals surface area contributed by atoms with Gasteiger partial charge in [-0.3, -0.25) is 14.4 Å². The molecule has 0 aliphatic heterocycles. The summed E-state index contributed by atoms with van der Waals surface area (Å²) in [6, 6.07) is 12.9. The van der Waals surface area contributed by atoms with Crippen LogP contribution in [-0.4, -0.2) is 29.2 Å². The Balaban J connectivity index is 1.45. The summed E-state index contributed by atoms with van der Waals surface area (Å²) in [6.07, 6.45) is 4.89. The van der Waals surface area contributed by atoms with Gasteiger partial charge in [0.2, 0.25) is 23.9 Å². The Hall–Kier alpha value is -3.74. The fourth-order valence-electron chi connectivity index (χ4n) is 3.30. The van der Waals surface area contributed by atoms with E-state index in [9.17, 15) is 14.4 Å². The Morgan fingerprint density at radius 2 is 1.71 bits per heavy atom. The first-order valence-electron chi connectivity index (χ1n) is 8.74. The highest BCUT2D eigenvalue weighted by molar-refractivity contribution is 6.27. The SMILES string of the molecule is COc1ccc(NC(=O)C[n+]2ccn(C3C(=O)c4ccccc4C3=O)c2)cc1. The maximum Gasteiger partial charge on any atom is 0.266 e. The number of hydrogen-bond acceptors (Lipinski definition) is 4. The van der Waals surface area contributed by atoms with Crippen LogP contribution < -0.4 is 14.6 Å². The van der Waals surface area contributed by atoms with Crippen molar-refractivity contribution in [2.75, 3.05) is 12.4 Å². The maximum atomic E-state index is 12.6. The predicted octanol–water partition coefficient (Wildman–Crippen LogP) is 2.04. The van der Waals surface area contributed by atoms with E-state index < -0.39 is 6.04 Å². The number of rotatable bonds is 5. The van der Waals surface area contributed by atoms with Crippen molar-refractivity contribution in [3.8, 4) is 5.75 Å². The lowest BCUT2D eigenvalue weighted by Crippen LogP contribution is -2.38. The van der Waals surface area contributed by atoms with Crippen LogP contribution in [-0.2, 0) is 11.3 Å². The third-order valence-electron chi connectivity index (χ3n) is 4.66. The van der Waals surface area contributed by atoms with E-state index in [1.165, 1.54) is 0 Å². The number of imidazole rings is 1. The lowest BCUT2D eigenvalue weighted by atomic mass is 10.1. The molecule has 1 N–H and O–H groups in total. The van der Waals surface area contributed by atoms with Gasteiger partial charge in [-0.25, -0.2) is 9.13 Å². The molecule has 1 amide bonds. The molecule has 2 aromatic carbocycles. The van der Waals surface area contributed by atoms with Crippen molar-refractivity contribution in [1.82, 2.24) is 4.57 Å². The first-order valence-corrected chi connectivity index (χ1v) is 8.74. The molecule has 1 heterocycles. The first-order chi connectivity index (χ1) is 13.6. The van der Waals surface area contributed by atoms with Crippen molar-refractivity contribution < 1.29 is 23.7 Å². The molecule has 140 valence electrons. The fraction of sp³-hybridized carbons (Fsp3) is 0.143. The summed E-state index contributed by atoms with van der Waals surface area (Å²) in [5.74, 6) is 0.0219. The van der Waals surface area contributed by atoms with Gasteiger partial charge in [0, 0.05) is 16.8 Å². The number of Topliss-reactive ketones (excluding diaryl/α,β-unsaturated/α-hetero) is 2. The van der Waals surface area contributed by atoms with Crippen LogP contribution in [0.3, 0.4) is 0 Å². The molecule has 0 atom stereocenters. The number of benzene rings is 2. The largest absolute Gasteiger partial charge is 0.497 e. The Kier molecular flexibility index (Phi) is 4.49. The Labute approximate surface area is 161 Å². The molecule has 0 spiro atoms. The van der Waals surface area contributed by atoms with E-state index in [4.69, 9.17) is 4.74 Å². The molecule has 1 aliphatic carbocycles. The van der Waals surface area contributed by atoms with E-state index in [1.807, 2.05) is 0 Å². The highest BCUT2D eigenvalue weighted by Gasteiger charge is 2.42. The summed E-state index contributed by atoms with van der Waals surface area (Å²) in [6.45, 7) is 0.0566. The highest BCUT2D eigenvalue weighted by atomic mass is 16.5. The third kappa shape index (κ3) is 3.18. The molecule has 0 saturated carbocycles. The summed E-state index contributed by atoms with van der Waals surface area (Å²) in [7, 11) is 1.58. The Bertz CT molecular complexity index is 1030. The molecule has 0 unspecified atom stereocenters. The molecule has 7 heteroatoms. The van der Waals surface area contributed by atoms with Gasteiger partial charge in [-0.15, -0.1) is 0 Å². The summed E-state index contributed by atoms with van der Waals surface area (Å²) >= 11 is 0. The number of methoxy groups -OCH3 is 1. The van der Waals surface area contributed by atoms with Crippen LogP contribution in [0.4, 0.5) is 5.69 Å². The Morgan fingerprint density at radius 1 is 1.07 bits per heavy atom. The average Bonchev–Trinajstić information content (AvgIpc) is 3.25. The van der Waals surface area contributed by atoms with Crippen molar-refractivity contribution in [1.29, 1.82) is 0 Å². The zero-order chi connectivity index (χ0) is 19.7. The molecule has 3 aromatic rings. The van der Waals surface area contributed by atoms with Crippen LogP contribution in [0.5, 0.6) is 5.75 Å². The van der Waals surface area contributed by atoms with Gasteiger partial charge in [0.1, 0.15) is 18.1 Å². The second kappa shape index (κ2) is 7.11. The van der Waals surface area contributed by atoms with E-state index >= 15 is 0 Å². The van der Waals surface area contributed by atoms with E-state index in [1.54, 1.807) is 83.5 Å². The number of hydrogen-bond donors (Lipinski definition) is 1. The van der Waals surface area contributed by atoms with Crippen molar-refractivity contribution in [3.05, 3.63) is 78.4 Å². The van der Waals surface area contributed by atoms with Crippen LogP contribution >= 0.6 is 0 Å². The summed E-state index contributed by atoms with van der Waals surface area (Å²) in [5, 5.41) is 2.79.